The van der Waals surface area contributed by atoms with Gasteiger partial charge >= 0.3 is 6.61 Å². The Morgan fingerprint density at radius 1 is 1.23 bits per heavy atom. The molecule has 0 amide bonds. The molecular weight excluding hydrogens is 314 g/mol. The summed E-state index contributed by atoms with van der Waals surface area (Å²) in [6.45, 7) is -0.460. The molecule has 0 aliphatic heterocycles. The SMILES string of the molecule is CCn1ccc(CS(=O)(=O)Cc2ccccc2OC(F)F)n1. The molecule has 0 bridgehead atoms. The number of aromatic nitrogens is 2. The van der Waals surface area contributed by atoms with Gasteiger partial charge in [0.25, 0.3) is 0 Å². The largest absolute Gasteiger partial charge is 0.435 e. The normalized spacial score (nSPS) is 11.8. The first-order chi connectivity index (χ1) is 10.4. The van der Waals surface area contributed by atoms with Gasteiger partial charge in [0.2, 0.25) is 0 Å². The highest BCUT2D eigenvalue weighted by molar-refractivity contribution is 7.89. The summed E-state index contributed by atoms with van der Waals surface area (Å²) in [7, 11) is -3.54. The van der Waals surface area contributed by atoms with Crippen molar-refractivity contribution in [3.63, 3.8) is 0 Å². The van der Waals surface area contributed by atoms with E-state index in [0.29, 0.717) is 12.2 Å². The van der Waals surface area contributed by atoms with Gasteiger partial charge in [0, 0.05) is 18.3 Å². The van der Waals surface area contributed by atoms with E-state index in [0.717, 1.165) is 0 Å². The van der Waals surface area contributed by atoms with Gasteiger partial charge in [0.15, 0.2) is 9.84 Å². The summed E-state index contributed by atoms with van der Waals surface area (Å²) in [4.78, 5) is 0. The molecule has 2 aromatic rings. The fourth-order valence-corrected chi connectivity index (χ4v) is 3.42. The number of alkyl halides is 2. The predicted octanol–water partition coefficient (Wildman–Crippen LogP) is 2.62. The first-order valence-electron chi connectivity index (χ1n) is 6.65. The minimum absolute atomic E-state index is 0.125. The molecule has 1 aromatic carbocycles. The van der Waals surface area contributed by atoms with Gasteiger partial charge in [-0.2, -0.15) is 13.9 Å². The van der Waals surface area contributed by atoms with E-state index in [4.69, 9.17) is 0 Å². The maximum absolute atomic E-state index is 12.3. The molecule has 0 saturated carbocycles. The van der Waals surface area contributed by atoms with Crippen LogP contribution in [0.3, 0.4) is 0 Å². The van der Waals surface area contributed by atoms with Gasteiger partial charge in [-0.15, -0.1) is 0 Å². The Hall–Kier alpha value is -1.96. The summed E-state index contributed by atoms with van der Waals surface area (Å²) in [6, 6.07) is 7.50. The summed E-state index contributed by atoms with van der Waals surface area (Å²) in [5.41, 5.74) is 0.631. The first kappa shape index (κ1) is 16.4. The average molecular weight is 330 g/mol. The Balaban J connectivity index is 2.14. The van der Waals surface area contributed by atoms with Crippen molar-refractivity contribution in [2.24, 2.45) is 0 Å². The number of para-hydroxylation sites is 1. The summed E-state index contributed by atoms with van der Waals surface area (Å²) in [5.74, 6) is -0.752. The zero-order valence-corrected chi connectivity index (χ0v) is 12.8. The van der Waals surface area contributed by atoms with Crippen molar-refractivity contribution in [1.29, 1.82) is 0 Å². The Morgan fingerprint density at radius 3 is 2.59 bits per heavy atom. The molecule has 2 rings (SSSR count). The second-order valence-electron chi connectivity index (χ2n) is 4.68. The first-order valence-corrected chi connectivity index (χ1v) is 8.47. The quantitative estimate of drug-likeness (QED) is 0.783. The number of aryl methyl sites for hydroxylation is 1. The number of ether oxygens (including phenoxy) is 1. The molecule has 120 valence electrons. The van der Waals surface area contributed by atoms with E-state index >= 15 is 0 Å². The summed E-state index contributed by atoms with van der Waals surface area (Å²) in [5, 5.41) is 4.11. The van der Waals surface area contributed by atoms with Crippen molar-refractivity contribution in [3.8, 4) is 5.75 Å². The molecule has 0 N–H and O–H groups in total. The van der Waals surface area contributed by atoms with Crippen LogP contribution in [0.4, 0.5) is 8.78 Å². The van der Waals surface area contributed by atoms with Gasteiger partial charge < -0.3 is 4.74 Å². The molecule has 1 aromatic heterocycles. The Morgan fingerprint density at radius 2 is 1.95 bits per heavy atom. The molecular formula is C14H16F2N2O3S. The van der Waals surface area contributed by atoms with Crippen molar-refractivity contribution < 1.29 is 21.9 Å². The van der Waals surface area contributed by atoms with Gasteiger partial charge in [-0.05, 0) is 19.1 Å². The number of nitrogens with zero attached hydrogens (tertiary/aromatic N) is 2. The molecule has 0 saturated heterocycles. The third-order valence-corrected chi connectivity index (χ3v) is 4.44. The highest BCUT2D eigenvalue weighted by atomic mass is 32.2. The fraction of sp³-hybridized carbons (Fsp3) is 0.357. The number of benzene rings is 1. The molecule has 22 heavy (non-hydrogen) atoms. The lowest BCUT2D eigenvalue weighted by atomic mass is 10.2. The standard InChI is InChI=1S/C14H16F2N2O3S/c1-2-18-8-7-12(17-18)10-22(19,20)9-11-5-3-4-6-13(11)21-14(15)16/h3-8,14H,2,9-10H2,1H3. The lowest BCUT2D eigenvalue weighted by Gasteiger charge is -2.10. The monoisotopic (exact) mass is 330 g/mol. The van der Waals surface area contributed by atoms with E-state index in [-0.39, 0.29) is 22.8 Å². The van der Waals surface area contributed by atoms with Crippen molar-refractivity contribution >= 4 is 9.84 Å². The van der Waals surface area contributed by atoms with Crippen molar-refractivity contribution in [2.45, 2.75) is 31.6 Å². The molecule has 0 fully saturated rings. The van der Waals surface area contributed by atoms with Crippen LogP contribution in [-0.2, 0) is 27.9 Å². The zero-order chi connectivity index (χ0) is 16.2. The molecule has 5 nitrogen and oxygen atoms in total. The van der Waals surface area contributed by atoms with Crippen LogP contribution in [0.2, 0.25) is 0 Å². The van der Waals surface area contributed by atoms with E-state index in [1.807, 2.05) is 6.92 Å². The number of rotatable bonds is 7. The number of hydrogen-bond donors (Lipinski definition) is 0. The molecule has 0 radical (unpaired) electrons. The van der Waals surface area contributed by atoms with Crippen LogP contribution < -0.4 is 4.74 Å². The van der Waals surface area contributed by atoms with Crippen LogP contribution in [0.1, 0.15) is 18.2 Å². The molecule has 0 unspecified atom stereocenters. The summed E-state index contributed by atoms with van der Waals surface area (Å²) < 4.78 is 55.1. The van der Waals surface area contributed by atoms with Crippen LogP contribution in [0.5, 0.6) is 5.75 Å². The topological polar surface area (TPSA) is 61.2 Å². The van der Waals surface area contributed by atoms with Crippen molar-refractivity contribution in [1.82, 2.24) is 9.78 Å². The molecule has 0 spiro atoms. The molecule has 0 atom stereocenters. The molecule has 0 aliphatic carbocycles. The predicted molar refractivity (Wildman–Crippen MR) is 77.3 cm³/mol. The summed E-state index contributed by atoms with van der Waals surface area (Å²) >= 11 is 0. The van der Waals surface area contributed by atoms with Crippen LogP contribution >= 0.6 is 0 Å². The number of sulfone groups is 1. The number of hydrogen-bond acceptors (Lipinski definition) is 4. The fourth-order valence-electron chi connectivity index (χ4n) is 2.00. The van der Waals surface area contributed by atoms with Gasteiger partial charge in [-0.3, -0.25) is 4.68 Å². The average Bonchev–Trinajstić information content (AvgIpc) is 2.87. The van der Waals surface area contributed by atoms with Crippen LogP contribution in [0.25, 0.3) is 0 Å². The zero-order valence-electron chi connectivity index (χ0n) is 11.9. The highest BCUT2D eigenvalue weighted by Crippen LogP contribution is 2.23. The molecule has 1 heterocycles. The Kier molecular flexibility index (Phi) is 5.12. The van der Waals surface area contributed by atoms with Crippen LogP contribution in [0, 0.1) is 0 Å². The lowest BCUT2D eigenvalue weighted by Crippen LogP contribution is -2.11. The third-order valence-electron chi connectivity index (χ3n) is 2.95. The van der Waals surface area contributed by atoms with Gasteiger partial charge in [0.05, 0.1) is 17.2 Å². The Bertz CT molecular complexity index is 729. The summed E-state index contributed by atoms with van der Waals surface area (Å²) in [6.07, 6.45) is 1.69. The van der Waals surface area contributed by atoms with Crippen LogP contribution in [0.15, 0.2) is 36.5 Å². The maximum atomic E-state index is 12.3. The maximum Gasteiger partial charge on any atom is 0.387 e. The minimum atomic E-state index is -3.54. The minimum Gasteiger partial charge on any atom is -0.435 e. The second kappa shape index (κ2) is 6.87. The van der Waals surface area contributed by atoms with E-state index in [9.17, 15) is 17.2 Å². The van der Waals surface area contributed by atoms with Crippen LogP contribution in [-0.4, -0.2) is 24.8 Å². The van der Waals surface area contributed by atoms with E-state index in [2.05, 4.69) is 9.84 Å². The smallest absolute Gasteiger partial charge is 0.387 e. The molecule has 8 heteroatoms. The van der Waals surface area contributed by atoms with Crippen molar-refractivity contribution in [2.75, 3.05) is 0 Å². The Labute approximate surface area is 127 Å². The highest BCUT2D eigenvalue weighted by Gasteiger charge is 2.18. The van der Waals surface area contributed by atoms with Crippen molar-refractivity contribution in [3.05, 3.63) is 47.8 Å². The third kappa shape index (κ3) is 4.52. The van der Waals surface area contributed by atoms with E-state index in [1.165, 1.54) is 18.2 Å². The van der Waals surface area contributed by atoms with Gasteiger partial charge in [-0.25, -0.2) is 8.42 Å². The van der Waals surface area contributed by atoms with Gasteiger partial charge in [-0.1, -0.05) is 18.2 Å². The van der Waals surface area contributed by atoms with E-state index < -0.39 is 16.4 Å². The van der Waals surface area contributed by atoms with Gasteiger partial charge in [0.1, 0.15) is 5.75 Å². The molecule has 0 aliphatic rings. The van der Waals surface area contributed by atoms with E-state index in [1.54, 1.807) is 23.0 Å². The second-order valence-corrected chi connectivity index (χ2v) is 6.75. The number of halogens is 2. The lowest BCUT2D eigenvalue weighted by molar-refractivity contribution is -0.0503.